The maximum Gasteiger partial charge on any atom is 0.339 e. The Hall–Kier alpha value is -3.66. The predicted molar refractivity (Wildman–Crippen MR) is 93.0 cm³/mol. The van der Waals surface area contributed by atoms with Gasteiger partial charge in [0, 0.05) is 12.1 Å². The van der Waals surface area contributed by atoms with E-state index in [1.54, 1.807) is 37.3 Å². The topological polar surface area (TPSA) is 108 Å². The van der Waals surface area contributed by atoms with E-state index in [0.717, 1.165) is 0 Å². The van der Waals surface area contributed by atoms with Crippen molar-refractivity contribution in [2.75, 3.05) is 6.54 Å². The zero-order chi connectivity index (χ0) is 18.9. The molecule has 7 heteroatoms. The summed E-state index contributed by atoms with van der Waals surface area (Å²) in [6.07, 6.45) is -1.29. The Bertz CT molecular complexity index is 826. The van der Waals surface area contributed by atoms with Crippen LogP contribution in [0.5, 0.6) is 0 Å². The number of imide groups is 1. The van der Waals surface area contributed by atoms with E-state index in [1.807, 2.05) is 6.07 Å². The van der Waals surface area contributed by atoms with Gasteiger partial charge in [-0.3, -0.25) is 10.1 Å². The van der Waals surface area contributed by atoms with Crippen LogP contribution in [0.4, 0.5) is 4.79 Å². The number of urea groups is 1. The van der Waals surface area contributed by atoms with Crippen molar-refractivity contribution in [2.24, 2.45) is 0 Å². The molecule has 2 N–H and O–H groups in total. The van der Waals surface area contributed by atoms with E-state index in [1.165, 1.54) is 24.3 Å². The molecule has 0 aliphatic rings. The third kappa shape index (κ3) is 4.92. The van der Waals surface area contributed by atoms with Gasteiger partial charge < -0.3 is 10.1 Å². The normalized spacial score (nSPS) is 10.9. The molecule has 0 aromatic heterocycles. The van der Waals surface area contributed by atoms with Crippen LogP contribution in [0.2, 0.25) is 0 Å². The number of benzene rings is 2. The molecule has 2 aromatic carbocycles. The van der Waals surface area contributed by atoms with Gasteiger partial charge in [-0.05, 0) is 31.2 Å². The van der Waals surface area contributed by atoms with E-state index >= 15 is 0 Å². The van der Waals surface area contributed by atoms with E-state index in [4.69, 9.17) is 10.00 Å². The third-order valence-corrected chi connectivity index (χ3v) is 3.39. The van der Waals surface area contributed by atoms with Crippen LogP contribution < -0.4 is 10.6 Å². The van der Waals surface area contributed by atoms with Gasteiger partial charge in [0.15, 0.2) is 0 Å². The number of amides is 3. The molecule has 0 heterocycles. The number of hydrogen-bond acceptors (Lipinski definition) is 5. The molecule has 7 nitrogen and oxygen atoms in total. The van der Waals surface area contributed by atoms with Crippen molar-refractivity contribution in [3.05, 3.63) is 71.3 Å². The summed E-state index contributed by atoms with van der Waals surface area (Å²) in [5.41, 5.74) is 1.02. The van der Waals surface area contributed by atoms with Gasteiger partial charge in [0.1, 0.15) is 0 Å². The molecule has 1 atom stereocenters. The molecule has 0 unspecified atom stereocenters. The smallest absolute Gasteiger partial charge is 0.339 e. The first kappa shape index (κ1) is 18.7. The van der Waals surface area contributed by atoms with E-state index in [2.05, 4.69) is 10.6 Å². The molecular formula is C19H17N3O4. The molecule has 26 heavy (non-hydrogen) atoms. The first-order valence-electron chi connectivity index (χ1n) is 7.90. The van der Waals surface area contributed by atoms with Gasteiger partial charge in [-0.25, -0.2) is 9.59 Å². The second-order valence-corrected chi connectivity index (χ2v) is 5.23. The van der Waals surface area contributed by atoms with Crippen molar-refractivity contribution >= 4 is 17.9 Å². The molecule has 0 aliphatic heterocycles. The molecule has 0 radical (unpaired) electrons. The number of esters is 1. The van der Waals surface area contributed by atoms with Gasteiger partial charge in [-0.1, -0.05) is 30.3 Å². The highest BCUT2D eigenvalue weighted by Gasteiger charge is 2.27. The highest BCUT2D eigenvalue weighted by molar-refractivity contribution is 5.99. The summed E-state index contributed by atoms with van der Waals surface area (Å²) in [5.74, 6) is -1.50. The molecule has 2 aromatic rings. The first-order valence-corrected chi connectivity index (χ1v) is 7.90. The Morgan fingerprint density at radius 3 is 2.31 bits per heavy atom. The van der Waals surface area contributed by atoms with Crippen molar-refractivity contribution < 1.29 is 19.1 Å². The zero-order valence-electron chi connectivity index (χ0n) is 14.1. The highest BCUT2D eigenvalue weighted by atomic mass is 16.5. The summed E-state index contributed by atoms with van der Waals surface area (Å²) in [7, 11) is 0. The number of carbonyl (C=O) groups is 3. The van der Waals surface area contributed by atoms with Crippen molar-refractivity contribution in [3.63, 3.8) is 0 Å². The maximum absolute atomic E-state index is 12.4. The minimum atomic E-state index is -1.29. The van der Waals surface area contributed by atoms with E-state index in [9.17, 15) is 14.4 Å². The lowest BCUT2D eigenvalue weighted by atomic mass is 10.1. The second-order valence-electron chi connectivity index (χ2n) is 5.23. The van der Waals surface area contributed by atoms with Crippen LogP contribution in [0.25, 0.3) is 0 Å². The lowest BCUT2D eigenvalue weighted by Gasteiger charge is -2.17. The minimum Gasteiger partial charge on any atom is -0.444 e. The summed E-state index contributed by atoms with van der Waals surface area (Å²) in [6.45, 7) is 2.06. The zero-order valence-corrected chi connectivity index (χ0v) is 14.1. The van der Waals surface area contributed by atoms with Gasteiger partial charge in [-0.15, -0.1) is 0 Å². The number of nitriles is 1. The Morgan fingerprint density at radius 2 is 1.73 bits per heavy atom. The summed E-state index contributed by atoms with van der Waals surface area (Å²) in [6, 6.07) is 15.5. The van der Waals surface area contributed by atoms with Crippen LogP contribution in [0.1, 0.15) is 34.5 Å². The van der Waals surface area contributed by atoms with Crippen molar-refractivity contribution in [1.82, 2.24) is 10.6 Å². The molecule has 2 rings (SSSR count). The molecule has 0 bridgehead atoms. The minimum absolute atomic E-state index is 0.191. The second kappa shape index (κ2) is 8.99. The maximum atomic E-state index is 12.4. The fourth-order valence-electron chi connectivity index (χ4n) is 2.14. The Balaban J connectivity index is 2.20. The van der Waals surface area contributed by atoms with Crippen molar-refractivity contribution in [2.45, 2.75) is 13.0 Å². The van der Waals surface area contributed by atoms with Crippen LogP contribution >= 0.6 is 0 Å². The van der Waals surface area contributed by atoms with Gasteiger partial charge >= 0.3 is 12.0 Å². The third-order valence-electron chi connectivity index (χ3n) is 3.39. The number of nitrogens with one attached hydrogen (secondary N) is 2. The molecule has 0 saturated carbocycles. The van der Waals surface area contributed by atoms with Gasteiger partial charge in [0.05, 0.1) is 17.2 Å². The lowest BCUT2D eigenvalue weighted by Crippen LogP contribution is -2.42. The Kier molecular flexibility index (Phi) is 6.46. The predicted octanol–water partition coefficient (Wildman–Crippen LogP) is 2.30. The number of hydrogen-bond donors (Lipinski definition) is 2. The van der Waals surface area contributed by atoms with Crippen LogP contribution in [0.3, 0.4) is 0 Å². The first-order chi connectivity index (χ1) is 12.5. The van der Waals surface area contributed by atoms with Gasteiger partial charge in [-0.2, -0.15) is 5.26 Å². The molecule has 0 saturated heterocycles. The number of nitrogens with zero attached hydrogens (tertiary/aromatic N) is 1. The lowest BCUT2D eigenvalue weighted by molar-refractivity contribution is -0.129. The summed E-state index contributed by atoms with van der Waals surface area (Å²) < 4.78 is 5.32. The summed E-state index contributed by atoms with van der Waals surface area (Å²) in [5, 5.41) is 13.4. The fourth-order valence-corrected chi connectivity index (χ4v) is 2.14. The molecule has 0 aliphatic carbocycles. The molecule has 3 amide bonds. The van der Waals surface area contributed by atoms with E-state index in [-0.39, 0.29) is 5.56 Å². The van der Waals surface area contributed by atoms with Crippen molar-refractivity contribution in [3.8, 4) is 6.07 Å². The van der Waals surface area contributed by atoms with Crippen molar-refractivity contribution in [1.29, 1.82) is 5.26 Å². The van der Waals surface area contributed by atoms with E-state index in [0.29, 0.717) is 17.7 Å². The number of rotatable bonds is 5. The van der Waals surface area contributed by atoms with E-state index < -0.39 is 24.0 Å². The Morgan fingerprint density at radius 1 is 1.08 bits per heavy atom. The number of ether oxygens (including phenoxy) is 1. The van der Waals surface area contributed by atoms with Crippen LogP contribution in [-0.4, -0.2) is 24.5 Å². The largest absolute Gasteiger partial charge is 0.444 e. The monoisotopic (exact) mass is 351 g/mol. The quantitative estimate of drug-likeness (QED) is 0.804. The van der Waals surface area contributed by atoms with Gasteiger partial charge in [0.25, 0.3) is 5.91 Å². The summed E-state index contributed by atoms with van der Waals surface area (Å²) in [4.78, 5) is 36.4. The fraction of sp³-hybridized carbons (Fsp3) is 0.158. The SMILES string of the molecule is CCNC(=O)NC(=O)[C@H](OC(=O)c1ccc(C#N)cc1)c1ccccc1. The molecule has 132 valence electrons. The average molecular weight is 351 g/mol. The van der Waals surface area contributed by atoms with Crippen LogP contribution in [0.15, 0.2) is 54.6 Å². The molecular weight excluding hydrogens is 334 g/mol. The van der Waals surface area contributed by atoms with Crippen LogP contribution in [0, 0.1) is 11.3 Å². The standard InChI is InChI=1S/C19H17N3O4/c1-2-21-19(25)22-17(23)16(14-6-4-3-5-7-14)26-18(24)15-10-8-13(12-20)9-11-15/h3-11,16H,2H2,1H3,(H2,21,22,23,25)/t16-/m1/s1. The average Bonchev–Trinajstić information content (AvgIpc) is 2.66. The molecule has 0 fully saturated rings. The highest BCUT2D eigenvalue weighted by Crippen LogP contribution is 2.20. The Labute approximate surface area is 150 Å². The summed E-state index contributed by atoms with van der Waals surface area (Å²) >= 11 is 0. The van der Waals surface area contributed by atoms with Gasteiger partial charge in [0.2, 0.25) is 6.10 Å². The van der Waals surface area contributed by atoms with Crippen LogP contribution in [-0.2, 0) is 9.53 Å². The number of carbonyl (C=O) groups excluding carboxylic acids is 3. The molecule has 0 spiro atoms.